The van der Waals surface area contributed by atoms with Crippen molar-refractivity contribution in [1.82, 2.24) is 15.5 Å². The highest BCUT2D eigenvalue weighted by Crippen LogP contribution is 2.38. The number of nitrogens with one attached hydrogen (secondary N) is 4. The van der Waals surface area contributed by atoms with Gasteiger partial charge in [0, 0.05) is 17.9 Å². The van der Waals surface area contributed by atoms with Crippen LogP contribution < -0.4 is 21.3 Å². The monoisotopic (exact) mass is 477 g/mol. The molecule has 2 aromatic rings. The number of anilines is 2. The summed E-state index contributed by atoms with van der Waals surface area (Å²) in [4.78, 5) is 51.4. The van der Waals surface area contributed by atoms with E-state index in [1.165, 1.54) is 0 Å². The highest BCUT2D eigenvalue weighted by Gasteiger charge is 2.55. The Kier molecular flexibility index (Phi) is 7.04. The van der Waals surface area contributed by atoms with Crippen molar-refractivity contribution in [3.8, 4) is 0 Å². The van der Waals surface area contributed by atoms with Gasteiger partial charge in [-0.05, 0) is 61.1 Å². The second-order valence-corrected chi connectivity index (χ2v) is 9.37. The van der Waals surface area contributed by atoms with Crippen molar-refractivity contribution in [2.75, 3.05) is 17.2 Å². The first kappa shape index (κ1) is 24.3. The van der Waals surface area contributed by atoms with E-state index in [1.807, 2.05) is 38.1 Å². The molecule has 184 valence electrons. The van der Waals surface area contributed by atoms with Gasteiger partial charge in [-0.2, -0.15) is 0 Å². The van der Waals surface area contributed by atoms with Crippen LogP contribution in [0.1, 0.15) is 43.7 Å². The van der Waals surface area contributed by atoms with Crippen LogP contribution in [-0.2, 0) is 16.1 Å². The van der Waals surface area contributed by atoms with Crippen LogP contribution in [-0.4, -0.2) is 40.9 Å². The van der Waals surface area contributed by atoms with Gasteiger partial charge in [0.2, 0.25) is 5.91 Å². The Morgan fingerprint density at radius 3 is 2.49 bits per heavy atom. The molecular formula is C26H31N5O4. The van der Waals surface area contributed by atoms with Crippen molar-refractivity contribution < 1.29 is 19.2 Å². The molecule has 2 atom stereocenters. The zero-order valence-corrected chi connectivity index (χ0v) is 20.0. The Hall–Kier alpha value is -3.88. The van der Waals surface area contributed by atoms with Crippen molar-refractivity contribution in [3.05, 3.63) is 59.7 Å². The van der Waals surface area contributed by atoms with Crippen LogP contribution in [0.15, 0.2) is 48.5 Å². The summed E-state index contributed by atoms with van der Waals surface area (Å²) in [6, 6.07) is 13.7. The first-order chi connectivity index (χ1) is 16.8. The van der Waals surface area contributed by atoms with Crippen LogP contribution in [0, 0.1) is 12.8 Å². The minimum Gasteiger partial charge on any atom is -0.350 e. The number of nitrogens with zero attached hydrogens (tertiary/aromatic N) is 1. The summed E-state index contributed by atoms with van der Waals surface area (Å²) in [5.74, 6) is -0.695. The van der Waals surface area contributed by atoms with Gasteiger partial charge >= 0.3 is 12.1 Å². The summed E-state index contributed by atoms with van der Waals surface area (Å²) < 4.78 is 0. The lowest BCUT2D eigenvalue weighted by Gasteiger charge is -2.36. The van der Waals surface area contributed by atoms with Crippen LogP contribution in [0.4, 0.5) is 21.0 Å². The minimum atomic E-state index is -0.880. The van der Waals surface area contributed by atoms with Gasteiger partial charge in [0.05, 0.1) is 0 Å². The molecule has 2 aromatic carbocycles. The van der Waals surface area contributed by atoms with Gasteiger partial charge in [-0.3, -0.25) is 14.5 Å². The molecule has 2 fully saturated rings. The fourth-order valence-electron chi connectivity index (χ4n) is 4.81. The summed E-state index contributed by atoms with van der Waals surface area (Å²) >= 11 is 0. The predicted molar refractivity (Wildman–Crippen MR) is 133 cm³/mol. The smallest absolute Gasteiger partial charge is 0.325 e. The molecule has 0 bridgehead atoms. The molecule has 0 aromatic heterocycles. The van der Waals surface area contributed by atoms with Crippen LogP contribution >= 0.6 is 0 Å². The molecule has 6 amide bonds. The Morgan fingerprint density at radius 2 is 1.77 bits per heavy atom. The third-order valence-corrected chi connectivity index (χ3v) is 6.75. The Balaban J connectivity index is 1.30. The molecule has 1 spiro atoms. The van der Waals surface area contributed by atoms with Gasteiger partial charge in [-0.15, -0.1) is 0 Å². The van der Waals surface area contributed by atoms with Gasteiger partial charge in [0.25, 0.3) is 5.91 Å². The molecule has 1 aliphatic heterocycles. The number of imide groups is 1. The van der Waals surface area contributed by atoms with E-state index in [-0.39, 0.29) is 30.9 Å². The van der Waals surface area contributed by atoms with Crippen LogP contribution in [0.2, 0.25) is 0 Å². The number of carbonyl (C=O) groups excluding carboxylic acids is 4. The number of amides is 6. The SMILES string of the molecule is Cc1cccc(NC(=O)Nc2cccc(CNC(=O)CN3C(=O)NC4(CCCCC4C)C3=O)c2)c1. The third-order valence-electron chi connectivity index (χ3n) is 6.75. The number of carbonyl (C=O) groups is 4. The lowest BCUT2D eigenvalue weighted by Crippen LogP contribution is -2.54. The summed E-state index contributed by atoms with van der Waals surface area (Å²) in [6.45, 7) is 3.79. The van der Waals surface area contributed by atoms with Crippen molar-refractivity contribution in [2.45, 2.75) is 51.6 Å². The maximum Gasteiger partial charge on any atom is 0.325 e. The summed E-state index contributed by atoms with van der Waals surface area (Å²) in [5.41, 5.74) is 2.19. The lowest BCUT2D eigenvalue weighted by molar-refractivity contribution is -0.137. The molecule has 2 unspecified atom stereocenters. The second kappa shape index (κ2) is 10.2. The van der Waals surface area contributed by atoms with Gasteiger partial charge in [-0.1, -0.05) is 44.0 Å². The number of rotatable bonds is 6. The number of hydrogen-bond donors (Lipinski definition) is 4. The van der Waals surface area contributed by atoms with Crippen molar-refractivity contribution in [3.63, 3.8) is 0 Å². The van der Waals surface area contributed by atoms with E-state index < -0.39 is 17.5 Å². The number of aryl methyl sites for hydroxylation is 1. The lowest BCUT2D eigenvalue weighted by atomic mass is 9.73. The summed E-state index contributed by atoms with van der Waals surface area (Å²) in [6.07, 6.45) is 3.39. The summed E-state index contributed by atoms with van der Waals surface area (Å²) in [7, 11) is 0. The normalized spacial score (nSPS) is 21.5. The van der Waals surface area contributed by atoms with Gasteiger partial charge in [0.1, 0.15) is 12.1 Å². The largest absolute Gasteiger partial charge is 0.350 e. The predicted octanol–water partition coefficient (Wildman–Crippen LogP) is 3.76. The average molecular weight is 478 g/mol. The number of benzene rings is 2. The molecule has 2 aliphatic rings. The van der Waals surface area contributed by atoms with E-state index >= 15 is 0 Å². The van der Waals surface area contributed by atoms with Crippen molar-refractivity contribution in [2.24, 2.45) is 5.92 Å². The maximum atomic E-state index is 13.0. The highest BCUT2D eigenvalue weighted by atomic mass is 16.2. The van der Waals surface area contributed by atoms with Crippen LogP contribution in [0.5, 0.6) is 0 Å². The molecule has 1 heterocycles. The standard InChI is InChI=1S/C26H31N5O4/c1-17-7-5-10-20(13-17)28-24(34)29-21-11-6-9-19(14-21)15-27-22(32)16-31-23(33)26(30-25(31)35)12-4-3-8-18(26)2/h5-7,9-11,13-14,18H,3-4,8,12,15-16H2,1-2H3,(H,27,32)(H,30,35)(H2,28,29,34). The van der Waals surface area contributed by atoms with Crippen LogP contribution in [0.3, 0.4) is 0 Å². The molecule has 4 rings (SSSR count). The molecule has 1 aliphatic carbocycles. The van der Waals surface area contributed by atoms with Gasteiger partial charge < -0.3 is 21.3 Å². The van der Waals surface area contributed by atoms with E-state index in [2.05, 4.69) is 21.3 Å². The zero-order valence-electron chi connectivity index (χ0n) is 20.0. The summed E-state index contributed by atoms with van der Waals surface area (Å²) in [5, 5.41) is 11.2. The first-order valence-electron chi connectivity index (χ1n) is 11.9. The molecule has 0 radical (unpaired) electrons. The Morgan fingerprint density at radius 1 is 1.06 bits per heavy atom. The topological polar surface area (TPSA) is 120 Å². The number of urea groups is 2. The van der Waals surface area contributed by atoms with E-state index in [4.69, 9.17) is 0 Å². The highest BCUT2D eigenvalue weighted by molar-refractivity contribution is 6.09. The second-order valence-electron chi connectivity index (χ2n) is 9.37. The Bertz CT molecular complexity index is 1150. The van der Waals surface area contributed by atoms with Gasteiger partial charge in [-0.25, -0.2) is 9.59 Å². The molecule has 4 N–H and O–H groups in total. The van der Waals surface area contributed by atoms with Crippen LogP contribution in [0.25, 0.3) is 0 Å². The van der Waals surface area contributed by atoms with E-state index in [1.54, 1.807) is 24.3 Å². The van der Waals surface area contributed by atoms with E-state index in [0.717, 1.165) is 35.3 Å². The molecule has 9 nitrogen and oxygen atoms in total. The number of hydrogen-bond acceptors (Lipinski definition) is 4. The molecule has 9 heteroatoms. The van der Waals surface area contributed by atoms with Crippen molar-refractivity contribution in [1.29, 1.82) is 0 Å². The first-order valence-corrected chi connectivity index (χ1v) is 11.9. The molecular weight excluding hydrogens is 446 g/mol. The van der Waals surface area contributed by atoms with Gasteiger partial charge in [0.15, 0.2) is 0 Å². The Labute approximate surface area is 204 Å². The van der Waals surface area contributed by atoms with Crippen molar-refractivity contribution >= 4 is 35.3 Å². The minimum absolute atomic E-state index is 0.0408. The van der Waals surface area contributed by atoms with E-state index in [0.29, 0.717) is 17.8 Å². The quantitative estimate of drug-likeness (QED) is 0.474. The molecule has 1 saturated heterocycles. The molecule has 1 saturated carbocycles. The van der Waals surface area contributed by atoms with E-state index in [9.17, 15) is 19.2 Å². The fourth-order valence-corrected chi connectivity index (χ4v) is 4.81. The fraction of sp³-hybridized carbons (Fsp3) is 0.385. The third kappa shape index (κ3) is 5.45. The maximum absolute atomic E-state index is 13.0. The average Bonchev–Trinajstić information content (AvgIpc) is 3.04. The zero-order chi connectivity index (χ0) is 25.0. The molecule has 35 heavy (non-hydrogen) atoms.